The van der Waals surface area contributed by atoms with Crippen LogP contribution in [0.2, 0.25) is 0 Å². The van der Waals surface area contributed by atoms with E-state index in [0.717, 1.165) is 64.9 Å². The van der Waals surface area contributed by atoms with Crippen molar-refractivity contribution in [3.63, 3.8) is 0 Å². The van der Waals surface area contributed by atoms with E-state index in [0.29, 0.717) is 19.6 Å². The highest BCUT2D eigenvalue weighted by Crippen LogP contribution is 2.43. The van der Waals surface area contributed by atoms with Gasteiger partial charge in [0.2, 0.25) is 0 Å². The lowest BCUT2D eigenvalue weighted by Gasteiger charge is -2.35. The second-order valence-corrected chi connectivity index (χ2v) is 11.4. The lowest BCUT2D eigenvalue weighted by molar-refractivity contribution is -0.138. The third-order valence-electron chi connectivity index (χ3n) is 8.43. The molecule has 8 heteroatoms. The van der Waals surface area contributed by atoms with E-state index in [-0.39, 0.29) is 6.42 Å². The van der Waals surface area contributed by atoms with Crippen LogP contribution in [0.25, 0.3) is 11.0 Å². The number of aromatic nitrogens is 3. The van der Waals surface area contributed by atoms with Crippen LogP contribution >= 0.6 is 0 Å². The molecule has 3 aromatic carbocycles. The zero-order valence-electron chi connectivity index (χ0n) is 25.5. The van der Waals surface area contributed by atoms with Crippen molar-refractivity contribution in [2.24, 2.45) is 0 Å². The van der Waals surface area contributed by atoms with Crippen molar-refractivity contribution >= 4 is 17.0 Å². The Kier molecular flexibility index (Phi) is 10.5. The first-order chi connectivity index (χ1) is 20.2. The van der Waals surface area contributed by atoms with Gasteiger partial charge in [0.05, 0.1) is 31.3 Å². The maximum Gasteiger partial charge on any atom is 0.304 e. The summed E-state index contributed by atoms with van der Waals surface area (Å²) in [7, 11) is 2.10. The van der Waals surface area contributed by atoms with Crippen LogP contribution in [-0.4, -0.2) is 62.8 Å². The summed E-state index contributed by atoms with van der Waals surface area (Å²) in [4.78, 5) is 14.5. The van der Waals surface area contributed by atoms with E-state index in [2.05, 4.69) is 34.4 Å². The molecule has 0 saturated carbocycles. The number of aliphatic hydroxyl groups is 1. The van der Waals surface area contributed by atoms with E-state index < -0.39 is 17.5 Å². The van der Waals surface area contributed by atoms with Crippen LogP contribution in [0.4, 0.5) is 0 Å². The second kappa shape index (κ2) is 14.1. The van der Waals surface area contributed by atoms with E-state index in [1.165, 1.54) is 5.56 Å². The first-order valence-electron chi connectivity index (χ1n) is 14.8. The van der Waals surface area contributed by atoms with Gasteiger partial charge in [0.15, 0.2) is 0 Å². The molecule has 4 aromatic rings. The minimum Gasteiger partial charge on any atom is -0.481 e. The van der Waals surface area contributed by atoms with Crippen molar-refractivity contribution in [2.45, 2.75) is 71.6 Å². The molecule has 0 aliphatic rings. The molecule has 224 valence electrons. The zero-order valence-corrected chi connectivity index (χ0v) is 25.5. The summed E-state index contributed by atoms with van der Waals surface area (Å²) in [5, 5.41) is 29.4. The van der Waals surface area contributed by atoms with E-state index in [1.807, 2.05) is 74.0 Å². The number of rotatable bonds is 15. The number of ether oxygens (including phenoxy) is 1. The van der Waals surface area contributed by atoms with E-state index in [4.69, 9.17) is 4.74 Å². The van der Waals surface area contributed by atoms with E-state index in [9.17, 15) is 15.0 Å². The van der Waals surface area contributed by atoms with Crippen LogP contribution in [0.15, 0.2) is 60.7 Å². The molecule has 0 fully saturated rings. The predicted molar refractivity (Wildman–Crippen MR) is 166 cm³/mol. The minimum absolute atomic E-state index is 0.0618. The number of nitrogens with zero attached hydrogens (tertiary/aromatic N) is 4. The molecule has 1 unspecified atom stereocenters. The number of carboxylic acids is 1. The Hall–Kier alpha value is -3.59. The average molecular weight is 573 g/mol. The molecule has 2 atom stereocenters. The molecule has 0 saturated heterocycles. The normalized spacial score (nSPS) is 13.9. The maximum absolute atomic E-state index is 12.2. The summed E-state index contributed by atoms with van der Waals surface area (Å²) >= 11 is 0. The Balaban J connectivity index is 1.48. The Morgan fingerprint density at radius 3 is 2.55 bits per heavy atom. The number of aliphatic hydroxyl groups excluding tert-OH is 1. The Labute approximate surface area is 248 Å². The highest BCUT2D eigenvalue weighted by atomic mass is 16.5. The van der Waals surface area contributed by atoms with Gasteiger partial charge in [-0.05, 0) is 86.7 Å². The monoisotopic (exact) mass is 572 g/mol. The predicted octanol–water partition coefficient (Wildman–Crippen LogP) is 5.81. The standard InChI is InChI=1S/C34H44N4O4/c1-6-34(22-32(40)41,28-14-13-24(2)29(21-28)26(4)39)30-15-16-31-33(25(30)3)35-36-38(31)18-10-17-37(5)19-20-42-23-27-11-8-7-9-12-27/h7-9,11-16,21,26,39H,6,10,17-20,22-23H2,1-5H3,(H,40,41)/t26-,34?/m0/s1. The van der Waals surface area contributed by atoms with Crippen molar-refractivity contribution in [2.75, 3.05) is 26.7 Å². The lowest BCUT2D eigenvalue weighted by atomic mass is 9.68. The van der Waals surface area contributed by atoms with Gasteiger partial charge in [-0.2, -0.15) is 0 Å². The minimum atomic E-state index is -0.867. The average Bonchev–Trinajstić information content (AvgIpc) is 3.39. The summed E-state index contributed by atoms with van der Waals surface area (Å²) < 4.78 is 7.76. The smallest absolute Gasteiger partial charge is 0.304 e. The quantitative estimate of drug-likeness (QED) is 0.173. The van der Waals surface area contributed by atoms with Gasteiger partial charge in [-0.25, -0.2) is 4.68 Å². The van der Waals surface area contributed by atoms with Gasteiger partial charge < -0.3 is 19.8 Å². The molecule has 0 amide bonds. The van der Waals surface area contributed by atoms with Gasteiger partial charge in [-0.15, -0.1) is 5.10 Å². The van der Waals surface area contributed by atoms with Gasteiger partial charge >= 0.3 is 5.97 Å². The van der Waals surface area contributed by atoms with Crippen molar-refractivity contribution in [1.29, 1.82) is 0 Å². The summed E-state index contributed by atoms with van der Waals surface area (Å²) in [6, 6.07) is 20.2. The van der Waals surface area contributed by atoms with Crippen molar-refractivity contribution < 1.29 is 19.7 Å². The molecule has 42 heavy (non-hydrogen) atoms. The number of likely N-dealkylation sites (N-methyl/N-ethyl adjacent to an activating group) is 1. The second-order valence-electron chi connectivity index (χ2n) is 11.4. The van der Waals surface area contributed by atoms with Crippen LogP contribution in [0.3, 0.4) is 0 Å². The van der Waals surface area contributed by atoms with Crippen LogP contribution in [0.5, 0.6) is 0 Å². The van der Waals surface area contributed by atoms with Crippen molar-refractivity contribution in [1.82, 2.24) is 19.9 Å². The SMILES string of the molecule is CCC(CC(=O)O)(c1ccc(C)c([C@H](C)O)c1)c1ccc2c(nnn2CCCN(C)CCOCc2ccccc2)c1C. The van der Waals surface area contributed by atoms with Gasteiger partial charge in [0.25, 0.3) is 0 Å². The number of aryl methyl sites for hydroxylation is 3. The number of hydrogen-bond acceptors (Lipinski definition) is 6. The molecule has 1 heterocycles. The number of carboxylic acid groups (broad SMARTS) is 1. The molecule has 4 rings (SSSR count). The third kappa shape index (κ3) is 7.06. The number of fused-ring (bicyclic) bond motifs is 1. The molecule has 1 aromatic heterocycles. The van der Waals surface area contributed by atoms with Gasteiger partial charge in [0.1, 0.15) is 5.52 Å². The fourth-order valence-corrected chi connectivity index (χ4v) is 5.96. The molecular formula is C34H44N4O4. The number of benzene rings is 3. The highest BCUT2D eigenvalue weighted by Gasteiger charge is 2.37. The molecule has 0 aliphatic heterocycles. The van der Waals surface area contributed by atoms with Crippen molar-refractivity contribution in [3.8, 4) is 0 Å². The van der Waals surface area contributed by atoms with Gasteiger partial charge in [-0.3, -0.25) is 4.79 Å². The number of hydrogen-bond donors (Lipinski definition) is 2. The Morgan fingerprint density at radius 1 is 1.10 bits per heavy atom. The Bertz CT molecular complexity index is 1480. The van der Waals surface area contributed by atoms with Crippen LogP contribution in [-0.2, 0) is 28.1 Å². The maximum atomic E-state index is 12.2. The molecular weight excluding hydrogens is 528 g/mol. The van der Waals surface area contributed by atoms with Crippen molar-refractivity contribution in [3.05, 3.63) is 94.0 Å². The molecule has 0 aliphatic carbocycles. The first-order valence-corrected chi connectivity index (χ1v) is 14.8. The van der Waals surface area contributed by atoms with Gasteiger partial charge in [0, 0.05) is 18.5 Å². The number of aliphatic carboxylic acids is 1. The van der Waals surface area contributed by atoms with Crippen LogP contribution in [0, 0.1) is 13.8 Å². The lowest BCUT2D eigenvalue weighted by Crippen LogP contribution is -2.31. The molecule has 0 bridgehead atoms. The van der Waals surface area contributed by atoms with E-state index >= 15 is 0 Å². The molecule has 2 N–H and O–H groups in total. The summed E-state index contributed by atoms with van der Waals surface area (Å²) in [5.41, 5.74) is 6.70. The highest BCUT2D eigenvalue weighted by molar-refractivity contribution is 5.81. The molecule has 0 spiro atoms. The van der Waals surface area contributed by atoms with Crippen LogP contribution < -0.4 is 0 Å². The largest absolute Gasteiger partial charge is 0.481 e. The first kappa shape index (κ1) is 31.3. The molecule has 8 nitrogen and oxygen atoms in total. The summed E-state index contributed by atoms with van der Waals surface area (Å²) in [6.45, 7) is 11.5. The number of carbonyl (C=O) groups is 1. The Morgan fingerprint density at radius 2 is 1.86 bits per heavy atom. The fraction of sp³-hybridized carbons (Fsp3) is 0.441. The van der Waals surface area contributed by atoms with E-state index in [1.54, 1.807) is 6.92 Å². The fourth-order valence-electron chi connectivity index (χ4n) is 5.96. The topological polar surface area (TPSA) is 101 Å². The third-order valence-corrected chi connectivity index (χ3v) is 8.43. The summed E-state index contributed by atoms with van der Waals surface area (Å²) in [6.07, 6.45) is 0.795. The van der Waals surface area contributed by atoms with Gasteiger partial charge in [-0.1, -0.05) is 66.7 Å². The summed E-state index contributed by atoms with van der Waals surface area (Å²) in [5.74, 6) is -0.867. The molecule has 0 radical (unpaired) electrons. The van der Waals surface area contributed by atoms with Crippen LogP contribution in [0.1, 0.15) is 72.6 Å². The zero-order chi connectivity index (χ0) is 30.3.